The first-order valence-electron chi connectivity index (χ1n) is 7.81. The van der Waals surface area contributed by atoms with Crippen LogP contribution >= 0.6 is 0 Å². The van der Waals surface area contributed by atoms with Crippen LogP contribution in [0.4, 0.5) is 5.69 Å². The normalized spacial score (nSPS) is 15.3. The Morgan fingerprint density at radius 2 is 2.00 bits per heavy atom. The molecular formula is C17H23NO4. The van der Waals surface area contributed by atoms with Crippen molar-refractivity contribution in [3.05, 3.63) is 23.8 Å². The fraction of sp³-hybridized carbons (Fsp3) is 0.529. The number of carbonyl (C=O) groups excluding carboxylic acids is 1. The maximum Gasteiger partial charge on any atom is 0.335 e. The minimum atomic E-state index is -1.02. The Bertz CT molecular complexity index is 535. The van der Waals surface area contributed by atoms with E-state index in [1.807, 2.05) is 0 Å². The summed E-state index contributed by atoms with van der Waals surface area (Å²) < 4.78 is 5.15. The van der Waals surface area contributed by atoms with Gasteiger partial charge in [-0.2, -0.15) is 0 Å². The van der Waals surface area contributed by atoms with Crippen molar-refractivity contribution in [2.24, 2.45) is 5.92 Å². The molecule has 5 heteroatoms. The zero-order valence-electron chi connectivity index (χ0n) is 12.9. The Morgan fingerprint density at radius 1 is 1.27 bits per heavy atom. The highest BCUT2D eigenvalue weighted by atomic mass is 16.5. The molecule has 0 unspecified atom stereocenters. The van der Waals surface area contributed by atoms with Gasteiger partial charge in [0.15, 0.2) is 0 Å². The van der Waals surface area contributed by atoms with Crippen molar-refractivity contribution in [1.29, 1.82) is 0 Å². The maximum atomic E-state index is 12.1. The zero-order chi connectivity index (χ0) is 15.9. The van der Waals surface area contributed by atoms with E-state index in [4.69, 9.17) is 9.84 Å². The highest BCUT2D eigenvalue weighted by Gasteiger charge is 2.16. The number of hydrogen-bond acceptors (Lipinski definition) is 3. The van der Waals surface area contributed by atoms with Crippen LogP contribution in [0.5, 0.6) is 5.75 Å². The predicted octanol–water partition coefficient (Wildman–Crippen LogP) is 3.69. The molecule has 1 fully saturated rings. The van der Waals surface area contributed by atoms with Gasteiger partial charge in [0, 0.05) is 6.42 Å². The summed E-state index contributed by atoms with van der Waals surface area (Å²) in [5, 5.41) is 11.8. The standard InChI is InChI=1S/C17H23NO4/c1-22-15-11-13(17(20)21)8-9-14(15)18-16(19)10-7-12-5-3-2-4-6-12/h8-9,11-12H,2-7,10H2,1H3,(H,18,19)(H,20,21). The Kier molecular flexibility index (Phi) is 5.81. The number of hydrogen-bond donors (Lipinski definition) is 2. The SMILES string of the molecule is COc1cc(C(=O)O)ccc1NC(=O)CCC1CCCCC1. The van der Waals surface area contributed by atoms with Gasteiger partial charge < -0.3 is 15.2 Å². The highest BCUT2D eigenvalue weighted by Crippen LogP contribution is 2.29. The van der Waals surface area contributed by atoms with Gasteiger partial charge in [-0.15, -0.1) is 0 Å². The molecule has 120 valence electrons. The summed E-state index contributed by atoms with van der Waals surface area (Å²) in [7, 11) is 1.46. The number of carboxylic acids is 1. The zero-order valence-corrected chi connectivity index (χ0v) is 12.9. The molecule has 0 saturated heterocycles. The number of carboxylic acid groups (broad SMARTS) is 1. The molecule has 0 radical (unpaired) electrons. The quantitative estimate of drug-likeness (QED) is 0.840. The van der Waals surface area contributed by atoms with Crippen molar-refractivity contribution in [1.82, 2.24) is 0 Å². The van der Waals surface area contributed by atoms with Crippen molar-refractivity contribution in [2.75, 3.05) is 12.4 Å². The second-order valence-corrected chi connectivity index (χ2v) is 5.81. The van der Waals surface area contributed by atoms with E-state index >= 15 is 0 Å². The minimum Gasteiger partial charge on any atom is -0.495 e. The maximum absolute atomic E-state index is 12.1. The summed E-state index contributed by atoms with van der Waals surface area (Å²) in [4.78, 5) is 23.0. The summed E-state index contributed by atoms with van der Waals surface area (Å²) >= 11 is 0. The number of nitrogens with one attached hydrogen (secondary N) is 1. The van der Waals surface area contributed by atoms with Gasteiger partial charge in [0.2, 0.25) is 5.91 Å². The van der Waals surface area contributed by atoms with Crippen molar-refractivity contribution in [2.45, 2.75) is 44.9 Å². The first kappa shape index (κ1) is 16.3. The van der Waals surface area contributed by atoms with Crippen molar-refractivity contribution in [3.8, 4) is 5.75 Å². The monoisotopic (exact) mass is 305 g/mol. The van der Waals surface area contributed by atoms with Crippen LogP contribution in [-0.2, 0) is 4.79 Å². The first-order valence-corrected chi connectivity index (χ1v) is 7.81. The lowest BCUT2D eigenvalue weighted by molar-refractivity contribution is -0.116. The molecule has 2 rings (SSSR count). The van der Waals surface area contributed by atoms with Crippen molar-refractivity contribution >= 4 is 17.6 Å². The summed E-state index contributed by atoms with van der Waals surface area (Å²) in [6.07, 6.45) is 7.73. The molecule has 1 amide bonds. The van der Waals surface area contributed by atoms with E-state index in [-0.39, 0.29) is 11.5 Å². The molecule has 0 atom stereocenters. The van der Waals surface area contributed by atoms with E-state index in [1.54, 1.807) is 6.07 Å². The van der Waals surface area contributed by atoms with E-state index < -0.39 is 5.97 Å². The molecule has 0 aliphatic heterocycles. The van der Waals surface area contributed by atoms with E-state index in [1.165, 1.54) is 51.3 Å². The van der Waals surface area contributed by atoms with Crippen LogP contribution in [0, 0.1) is 5.92 Å². The second-order valence-electron chi connectivity index (χ2n) is 5.81. The van der Waals surface area contributed by atoms with Gasteiger partial charge in [-0.1, -0.05) is 32.1 Å². The Morgan fingerprint density at radius 3 is 2.64 bits per heavy atom. The van der Waals surface area contributed by atoms with Gasteiger partial charge in [-0.25, -0.2) is 4.79 Å². The average Bonchev–Trinajstić information content (AvgIpc) is 2.54. The number of benzene rings is 1. The van der Waals surface area contributed by atoms with Gasteiger partial charge in [-0.3, -0.25) is 4.79 Å². The average molecular weight is 305 g/mol. The van der Waals surface area contributed by atoms with Crippen LogP contribution in [-0.4, -0.2) is 24.1 Å². The minimum absolute atomic E-state index is 0.0491. The molecule has 2 N–H and O–H groups in total. The van der Waals surface area contributed by atoms with E-state index in [0.29, 0.717) is 23.8 Å². The number of carbonyl (C=O) groups is 2. The molecule has 1 aromatic carbocycles. The third-order valence-corrected chi connectivity index (χ3v) is 4.23. The molecular weight excluding hydrogens is 282 g/mol. The third kappa shape index (κ3) is 4.48. The molecule has 1 aliphatic carbocycles. The highest BCUT2D eigenvalue weighted by molar-refractivity contribution is 5.94. The molecule has 1 aromatic rings. The number of amides is 1. The summed E-state index contributed by atoms with van der Waals surface area (Å²) in [5.41, 5.74) is 0.651. The van der Waals surface area contributed by atoms with Crippen LogP contribution in [0.3, 0.4) is 0 Å². The van der Waals surface area contributed by atoms with Gasteiger partial charge in [-0.05, 0) is 30.5 Å². The molecule has 1 aliphatic rings. The van der Waals surface area contributed by atoms with Gasteiger partial charge in [0.25, 0.3) is 0 Å². The van der Waals surface area contributed by atoms with Crippen LogP contribution in [0.1, 0.15) is 55.3 Å². The summed E-state index contributed by atoms with van der Waals surface area (Å²) in [5.74, 6) is -0.0397. The lowest BCUT2D eigenvalue weighted by atomic mass is 9.86. The molecule has 1 saturated carbocycles. The summed E-state index contributed by atoms with van der Waals surface area (Å²) in [6, 6.07) is 4.45. The number of ether oxygens (including phenoxy) is 1. The van der Waals surface area contributed by atoms with Gasteiger partial charge in [0.1, 0.15) is 5.75 Å². The number of anilines is 1. The Labute approximate surface area is 130 Å². The van der Waals surface area contributed by atoms with Crippen molar-refractivity contribution < 1.29 is 19.4 Å². The molecule has 0 heterocycles. The largest absolute Gasteiger partial charge is 0.495 e. The van der Waals surface area contributed by atoms with Crippen LogP contribution in [0.2, 0.25) is 0 Å². The van der Waals surface area contributed by atoms with Crippen LogP contribution in [0.25, 0.3) is 0 Å². The fourth-order valence-corrected chi connectivity index (χ4v) is 2.95. The number of methoxy groups -OCH3 is 1. The molecule has 22 heavy (non-hydrogen) atoms. The summed E-state index contributed by atoms with van der Waals surface area (Å²) in [6.45, 7) is 0. The van der Waals surface area contributed by atoms with Crippen LogP contribution < -0.4 is 10.1 Å². The van der Waals surface area contributed by atoms with Gasteiger partial charge >= 0.3 is 5.97 Å². The molecule has 5 nitrogen and oxygen atoms in total. The van der Waals surface area contributed by atoms with E-state index in [9.17, 15) is 9.59 Å². The second kappa shape index (κ2) is 7.82. The van der Waals surface area contributed by atoms with Gasteiger partial charge in [0.05, 0.1) is 18.4 Å². The lowest BCUT2D eigenvalue weighted by Crippen LogP contribution is -2.15. The topological polar surface area (TPSA) is 75.6 Å². The first-order chi connectivity index (χ1) is 10.6. The molecule has 0 bridgehead atoms. The van der Waals surface area contributed by atoms with E-state index in [0.717, 1.165) is 6.42 Å². The lowest BCUT2D eigenvalue weighted by Gasteiger charge is -2.21. The van der Waals surface area contributed by atoms with Crippen molar-refractivity contribution in [3.63, 3.8) is 0 Å². The smallest absolute Gasteiger partial charge is 0.335 e. The molecule has 0 spiro atoms. The number of rotatable bonds is 6. The Balaban J connectivity index is 1.91. The molecule has 0 aromatic heterocycles. The Hall–Kier alpha value is -2.04. The number of aromatic carboxylic acids is 1. The fourth-order valence-electron chi connectivity index (χ4n) is 2.95. The van der Waals surface area contributed by atoms with E-state index in [2.05, 4.69) is 5.32 Å². The predicted molar refractivity (Wildman–Crippen MR) is 84.4 cm³/mol. The van der Waals surface area contributed by atoms with Crippen LogP contribution in [0.15, 0.2) is 18.2 Å². The third-order valence-electron chi connectivity index (χ3n) is 4.23.